The lowest BCUT2D eigenvalue weighted by Crippen LogP contribution is -1.98. The van der Waals surface area contributed by atoms with Crippen molar-refractivity contribution in [2.75, 3.05) is 13.2 Å². The van der Waals surface area contributed by atoms with Gasteiger partial charge in [0.05, 0.1) is 17.6 Å². The molecular weight excluding hydrogens is 246 g/mol. The van der Waals surface area contributed by atoms with Crippen LogP contribution in [0.25, 0.3) is 0 Å². The third kappa shape index (κ3) is 6.76. The summed E-state index contributed by atoms with van der Waals surface area (Å²) in [7, 11) is 0. The minimum absolute atomic E-state index is 0.0569. The lowest BCUT2D eigenvalue weighted by molar-refractivity contribution is -0.384. The molecule has 5 heteroatoms. The number of nitro benzene ring substituents is 1. The number of hydrogen-bond donors (Lipinski definition) is 1. The summed E-state index contributed by atoms with van der Waals surface area (Å²) in [4.78, 5) is 10.2. The highest BCUT2D eigenvalue weighted by molar-refractivity contribution is 5.37. The number of hydrogen-bond acceptors (Lipinski definition) is 4. The Balaban J connectivity index is 2.12. The zero-order chi connectivity index (χ0) is 13.9. The van der Waals surface area contributed by atoms with Crippen molar-refractivity contribution in [3.8, 4) is 5.75 Å². The van der Waals surface area contributed by atoms with Crippen LogP contribution in [0, 0.1) is 10.1 Å². The highest BCUT2D eigenvalue weighted by atomic mass is 16.6. The third-order valence-electron chi connectivity index (χ3n) is 2.85. The molecule has 0 aliphatic heterocycles. The first kappa shape index (κ1) is 15.4. The second-order valence-electron chi connectivity index (χ2n) is 4.45. The maximum atomic E-state index is 10.6. The van der Waals surface area contributed by atoms with Gasteiger partial charge in [-0.05, 0) is 18.9 Å². The van der Waals surface area contributed by atoms with E-state index in [1.165, 1.54) is 12.1 Å². The van der Waals surface area contributed by atoms with E-state index in [0.29, 0.717) is 12.4 Å². The molecule has 5 nitrogen and oxygen atoms in total. The fourth-order valence-corrected chi connectivity index (χ4v) is 1.80. The van der Waals surface area contributed by atoms with E-state index < -0.39 is 4.92 Å². The van der Waals surface area contributed by atoms with Gasteiger partial charge in [0.1, 0.15) is 5.75 Å². The van der Waals surface area contributed by atoms with Crippen LogP contribution in [0.4, 0.5) is 5.69 Å². The Hall–Kier alpha value is -1.62. The molecule has 0 amide bonds. The first-order chi connectivity index (χ1) is 9.24. The molecule has 0 heterocycles. The molecule has 19 heavy (non-hydrogen) atoms. The van der Waals surface area contributed by atoms with Gasteiger partial charge in [-0.3, -0.25) is 10.1 Å². The van der Waals surface area contributed by atoms with E-state index in [4.69, 9.17) is 9.84 Å². The molecule has 0 aromatic heterocycles. The number of aliphatic hydroxyl groups is 1. The maximum Gasteiger partial charge on any atom is 0.273 e. The van der Waals surface area contributed by atoms with Crippen molar-refractivity contribution in [1.82, 2.24) is 0 Å². The molecule has 1 aromatic carbocycles. The third-order valence-corrected chi connectivity index (χ3v) is 2.85. The summed E-state index contributed by atoms with van der Waals surface area (Å²) < 4.78 is 5.48. The number of ether oxygens (including phenoxy) is 1. The summed E-state index contributed by atoms with van der Waals surface area (Å²) in [5, 5.41) is 19.2. The number of aliphatic hydroxyl groups excluding tert-OH is 1. The first-order valence-electron chi connectivity index (χ1n) is 6.72. The topological polar surface area (TPSA) is 72.6 Å². The molecule has 1 aromatic rings. The standard InChI is InChI=1S/C14H21NO4/c16-10-5-3-1-2-4-6-11-19-14-9-7-8-13(12-14)15(17)18/h7-9,12,16H,1-6,10-11H2. The minimum Gasteiger partial charge on any atom is -0.493 e. The van der Waals surface area contributed by atoms with Crippen LogP contribution in [-0.4, -0.2) is 23.2 Å². The minimum atomic E-state index is -0.423. The highest BCUT2D eigenvalue weighted by Gasteiger charge is 2.05. The molecule has 0 unspecified atom stereocenters. The molecule has 0 saturated heterocycles. The van der Waals surface area contributed by atoms with E-state index in [2.05, 4.69) is 0 Å². The summed E-state index contributed by atoms with van der Waals surface area (Å²) in [5.74, 6) is 0.550. The van der Waals surface area contributed by atoms with Crippen LogP contribution < -0.4 is 4.74 Å². The van der Waals surface area contributed by atoms with Crippen LogP contribution in [0.3, 0.4) is 0 Å². The van der Waals surface area contributed by atoms with Crippen LogP contribution >= 0.6 is 0 Å². The smallest absolute Gasteiger partial charge is 0.273 e. The van der Waals surface area contributed by atoms with Crippen molar-refractivity contribution >= 4 is 5.69 Å². The quantitative estimate of drug-likeness (QED) is 0.401. The van der Waals surface area contributed by atoms with Crippen LogP contribution in [0.15, 0.2) is 24.3 Å². The molecule has 0 aliphatic carbocycles. The van der Waals surface area contributed by atoms with Gasteiger partial charge in [0.25, 0.3) is 5.69 Å². The second-order valence-corrected chi connectivity index (χ2v) is 4.45. The normalized spacial score (nSPS) is 10.4. The van der Waals surface area contributed by atoms with Gasteiger partial charge in [0.15, 0.2) is 0 Å². The monoisotopic (exact) mass is 267 g/mol. The Labute approximate surface area is 113 Å². The van der Waals surface area contributed by atoms with Gasteiger partial charge in [0.2, 0.25) is 0 Å². The van der Waals surface area contributed by atoms with Crippen LogP contribution in [0.1, 0.15) is 38.5 Å². The van der Waals surface area contributed by atoms with Gasteiger partial charge < -0.3 is 9.84 Å². The fourth-order valence-electron chi connectivity index (χ4n) is 1.80. The van der Waals surface area contributed by atoms with E-state index >= 15 is 0 Å². The van der Waals surface area contributed by atoms with E-state index in [-0.39, 0.29) is 12.3 Å². The summed E-state index contributed by atoms with van der Waals surface area (Å²) in [6.45, 7) is 0.858. The number of unbranched alkanes of at least 4 members (excludes halogenated alkanes) is 5. The van der Waals surface area contributed by atoms with Gasteiger partial charge >= 0.3 is 0 Å². The molecule has 0 aliphatic rings. The number of benzene rings is 1. The van der Waals surface area contributed by atoms with E-state index in [0.717, 1.165) is 38.5 Å². The molecule has 0 atom stereocenters. The summed E-state index contributed by atoms with van der Waals surface area (Å²) in [6.07, 6.45) is 6.25. The van der Waals surface area contributed by atoms with Crippen molar-refractivity contribution in [1.29, 1.82) is 0 Å². The van der Waals surface area contributed by atoms with Crippen LogP contribution in [0.2, 0.25) is 0 Å². The molecule has 0 fully saturated rings. The second kappa shape index (κ2) is 9.33. The Morgan fingerprint density at radius 2 is 1.79 bits per heavy atom. The first-order valence-corrected chi connectivity index (χ1v) is 6.72. The largest absolute Gasteiger partial charge is 0.493 e. The van der Waals surface area contributed by atoms with Crippen molar-refractivity contribution in [2.24, 2.45) is 0 Å². The van der Waals surface area contributed by atoms with Crippen molar-refractivity contribution in [3.05, 3.63) is 34.4 Å². The highest BCUT2D eigenvalue weighted by Crippen LogP contribution is 2.19. The SMILES string of the molecule is O=[N+]([O-])c1cccc(OCCCCCCCCO)c1. The number of non-ortho nitro benzene ring substituents is 1. The van der Waals surface area contributed by atoms with Gasteiger partial charge in [-0.2, -0.15) is 0 Å². The predicted octanol–water partition coefficient (Wildman–Crippen LogP) is 3.31. The zero-order valence-electron chi connectivity index (χ0n) is 11.1. The summed E-state index contributed by atoms with van der Waals surface area (Å²) >= 11 is 0. The zero-order valence-corrected chi connectivity index (χ0v) is 11.1. The summed E-state index contributed by atoms with van der Waals surface area (Å²) in [6, 6.07) is 6.26. The molecule has 1 N–H and O–H groups in total. The number of nitro groups is 1. The molecule has 1 rings (SSSR count). The van der Waals surface area contributed by atoms with Gasteiger partial charge in [-0.15, -0.1) is 0 Å². The van der Waals surface area contributed by atoms with Crippen molar-refractivity contribution in [3.63, 3.8) is 0 Å². The molecule has 0 spiro atoms. The van der Waals surface area contributed by atoms with Gasteiger partial charge in [-0.1, -0.05) is 31.7 Å². The van der Waals surface area contributed by atoms with Crippen LogP contribution in [-0.2, 0) is 0 Å². The maximum absolute atomic E-state index is 10.6. The van der Waals surface area contributed by atoms with Gasteiger partial charge in [0, 0.05) is 12.7 Å². The van der Waals surface area contributed by atoms with Gasteiger partial charge in [-0.25, -0.2) is 0 Å². The molecule has 106 valence electrons. The Morgan fingerprint density at radius 1 is 1.11 bits per heavy atom. The molecular formula is C14H21NO4. The molecule has 0 saturated carbocycles. The van der Waals surface area contributed by atoms with E-state index in [9.17, 15) is 10.1 Å². The molecule has 0 radical (unpaired) electrons. The number of nitrogens with zero attached hydrogens (tertiary/aromatic N) is 1. The van der Waals surface area contributed by atoms with E-state index in [1.54, 1.807) is 12.1 Å². The fraction of sp³-hybridized carbons (Fsp3) is 0.571. The Morgan fingerprint density at radius 3 is 2.47 bits per heavy atom. The predicted molar refractivity (Wildman–Crippen MR) is 73.4 cm³/mol. The Kier molecular flexibility index (Phi) is 7.58. The van der Waals surface area contributed by atoms with E-state index in [1.807, 2.05) is 0 Å². The van der Waals surface area contributed by atoms with Crippen molar-refractivity contribution in [2.45, 2.75) is 38.5 Å². The Bertz CT molecular complexity index is 381. The molecule has 0 bridgehead atoms. The summed E-state index contributed by atoms with van der Waals surface area (Å²) in [5.41, 5.74) is 0.0569. The lowest BCUT2D eigenvalue weighted by atomic mass is 10.1. The van der Waals surface area contributed by atoms with Crippen LogP contribution in [0.5, 0.6) is 5.75 Å². The lowest BCUT2D eigenvalue weighted by Gasteiger charge is -2.05. The van der Waals surface area contributed by atoms with Crippen molar-refractivity contribution < 1.29 is 14.8 Å². The average Bonchev–Trinajstić information content (AvgIpc) is 2.42. The number of rotatable bonds is 10. The average molecular weight is 267 g/mol.